The Morgan fingerprint density at radius 2 is 2.32 bits per heavy atom. The number of rotatable bonds is 3. The van der Waals surface area contributed by atoms with E-state index < -0.39 is 5.91 Å². The van der Waals surface area contributed by atoms with Crippen LogP contribution < -0.4 is 5.32 Å². The molecule has 116 valence electrons. The maximum Gasteiger partial charge on any atom is 0.267 e. The minimum atomic E-state index is -0.422. The zero-order valence-corrected chi connectivity index (χ0v) is 13.0. The average molecular weight is 299 g/mol. The Hall–Kier alpha value is -2.48. The fourth-order valence-corrected chi connectivity index (χ4v) is 2.64. The molecule has 1 saturated heterocycles. The molecule has 0 radical (unpaired) electrons. The Bertz CT molecular complexity index is 631. The van der Waals surface area contributed by atoms with Crippen LogP contribution in [0.1, 0.15) is 25.3 Å². The molecule has 0 aliphatic carbocycles. The highest BCUT2D eigenvalue weighted by Crippen LogP contribution is 2.21. The molecule has 1 aliphatic heterocycles. The molecule has 0 aromatic heterocycles. The second kappa shape index (κ2) is 6.99. The minimum Gasteiger partial charge on any atom is -0.508 e. The third kappa shape index (κ3) is 4.01. The van der Waals surface area contributed by atoms with E-state index in [4.69, 9.17) is 0 Å². The number of likely N-dealkylation sites (tertiary alicyclic amines) is 1. The highest BCUT2D eigenvalue weighted by atomic mass is 16.3. The van der Waals surface area contributed by atoms with Crippen molar-refractivity contribution in [3.8, 4) is 11.8 Å². The largest absolute Gasteiger partial charge is 0.508 e. The zero-order valence-electron chi connectivity index (χ0n) is 13.0. The second-order valence-electron chi connectivity index (χ2n) is 5.85. The van der Waals surface area contributed by atoms with E-state index in [9.17, 15) is 15.2 Å². The first-order valence-corrected chi connectivity index (χ1v) is 7.46. The van der Waals surface area contributed by atoms with Crippen LogP contribution in [-0.4, -0.2) is 29.0 Å². The first-order valence-electron chi connectivity index (χ1n) is 7.46. The van der Waals surface area contributed by atoms with Crippen LogP contribution in [0.4, 0.5) is 5.69 Å². The van der Waals surface area contributed by atoms with Gasteiger partial charge < -0.3 is 15.3 Å². The number of aromatic hydroxyl groups is 1. The van der Waals surface area contributed by atoms with Crippen LogP contribution in [0.25, 0.3) is 0 Å². The molecule has 1 aromatic rings. The van der Waals surface area contributed by atoms with Crippen LogP contribution in [0.5, 0.6) is 5.75 Å². The lowest BCUT2D eigenvalue weighted by molar-refractivity contribution is -0.112. The van der Waals surface area contributed by atoms with Gasteiger partial charge in [-0.1, -0.05) is 6.92 Å². The van der Waals surface area contributed by atoms with Crippen LogP contribution >= 0.6 is 0 Å². The molecule has 1 atom stereocenters. The van der Waals surface area contributed by atoms with E-state index in [2.05, 4.69) is 12.2 Å². The fourth-order valence-electron chi connectivity index (χ4n) is 2.64. The monoisotopic (exact) mass is 299 g/mol. The molecule has 2 N–H and O–H groups in total. The molecule has 0 spiro atoms. The van der Waals surface area contributed by atoms with E-state index in [0.29, 0.717) is 11.6 Å². The summed E-state index contributed by atoms with van der Waals surface area (Å²) in [4.78, 5) is 14.3. The van der Waals surface area contributed by atoms with E-state index >= 15 is 0 Å². The van der Waals surface area contributed by atoms with Gasteiger partial charge in [0.1, 0.15) is 17.4 Å². The molecule has 1 unspecified atom stereocenters. The lowest BCUT2D eigenvalue weighted by Gasteiger charge is -2.29. The number of amides is 1. The summed E-state index contributed by atoms with van der Waals surface area (Å²) in [6.45, 7) is 5.71. The van der Waals surface area contributed by atoms with Gasteiger partial charge in [0.2, 0.25) is 0 Å². The number of nitriles is 1. The standard InChI is InChI=1S/C17H21N3O2/c1-12-4-3-7-20(10-12)11-14(9-18)17(22)19-16-6-5-15(21)8-13(16)2/h5-6,8,11-12,21H,3-4,7,10H2,1-2H3,(H,19,22)/b14-11-. The molecule has 5 heteroatoms. The summed E-state index contributed by atoms with van der Waals surface area (Å²) in [5, 5.41) is 21.3. The summed E-state index contributed by atoms with van der Waals surface area (Å²) in [6.07, 6.45) is 3.92. The van der Waals surface area contributed by atoms with Gasteiger partial charge in [0.25, 0.3) is 5.91 Å². The number of carbonyl (C=O) groups excluding carboxylic acids is 1. The van der Waals surface area contributed by atoms with Crippen molar-refractivity contribution in [3.05, 3.63) is 35.5 Å². The molecule has 1 aliphatic rings. The molecule has 1 amide bonds. The lowest BCUT2D eigenvalue weighted by atomic mass is 10.0. The summed E-state index contributed by atoms with van der Waals surface area (Å²) in [6, 6.07) is 6.67. The Kier molecular flexibility index (Phi) is 5.05. The van der Waals surface area contributed by atoms with Gasteiger partial charge in [0.15, 0.2) is 0 Å². The van der Waals surface area contributed by atoms with E-state index in [0.717, 1.165) is 25.1 Å². The zero-order chi connectivity index (χ0) is 16.1. The van der Waals surface area contributed by atoms with Crippen molar-refractivity contribution in [3.63, 3.8) is 0 Å². The molecular weight excluding hydrogens is 278 g/mol. The highest BCUT2D eigenvalue weighted by molar-refractivity contribution is 6.06. The number of hydrogen-bond acceptors (Lipinski definition) is 4. The number of nitrogens with one attached hydrogen (secondary N) is 1. The molecule has 2 rings (SSSR count). The quantitative estimate of drug-likeness (QED) is 0.511. The number of benzene rings is 1. The van der Waals surface area contributed by atoms with E-state index in [1.807, 2.05) is 11.0 Å². The maximum atomic E-state index is 12.2. The van der Waals surface area contributed by atoms with Gasteiger partial charge in [-0.2, -0.15) is 5.26 Å². The predicted octanol–water partition coefficient (Wildman–Crippen LogP) is 2.78. The van der Waals surface area contributed by atoms with Crippen LogP contribution in [0.15, 0.2) is 30.0 Å². The van der Waals surface area contributed by atoms with Crippen LogP contribution in [0.2, 0.25) is 0 Å². The van der Waals surface area contributed by atoms with Gasteiger partial charge in [-0.05, 0) is 49.4 Å². The summed E-state index contributed by atoms with van der Waals surface area (Å²) < 4.78 is 0. The number of carbonyl (C=O) groups is 1. The second-order valence-corrected chi connectivity index (χ2v) is 5.85. The number of aryl methyl sites for hydroxylation is 1. The average Bonchev–Trinajstić information content (AvgIpc) is 2.47. The van der Waals surface area contributed by atoms with Gasteiger partial charge in [0, 0.05) is 25.0 Å². The summed E-state index contributed by atoms with van der Waals surface area (Å²) in [7, 11) is 0. The summed E-state index contributed by atoms with van der Waals surface area (Å²) in [5.74, 6) is 0.302. The van der Waals surface area contributed by atoms with Crippen LogP contribution in [0.3, 0.4) is 0 Å². The molecular formula is C17H21N3O2. The Balaban J connectivity index is 2.10. The van der Waals surface area contributed by atoms with Crippen molar-refractivity contribution >= 4 is 11.6 Å². The number of hydrogen-bond donors (Lipinski definition) is 2. The van der Waals surface area contributed by atoms with E-state index in [1.165, 1.54) is 12.5 Å². The number of nitrogens with zero attached hydrogens (tertiary/aromatic N) is 2. The summed E-state index contributed by atoms with van der Waals surface area (Å²) >= 11 is 0. The summed E-state index contributed by atoms with van der Waals surface area (Å²) in [5.41, 5.74) is 1.44. The van der Waals surface area contributed by atoms with Gasteiger partial charge in [-0.15, -0.1) is 0 Å². The Morgan fingerprint density at radius 3 is 2.95 bits per heavy atom. The minimum absolute atomic E-state index is 0.0987. The topological polar surface area (TPSA) is 76.4 Å². The van der Waals surface area contributed by atoms with Gasteiger partial charge in [-0.3, -0.25) is 4.79 Å². The molecule has 0 saturated carbocycles. The van der Waals surface area contributed by atoms with Crippen molar-refractivity contribution in [1.82, 2.24) is 4.90 Å². The SMILES string of the molecule is Cc1cc(O)ccc1NC(=O)/C(C#N)=C\N1CCCC(C)C1. The first-order chi connectivity index (χ1) is 10.5. The predicted molar refractivity (Wildman–Crippen MR) is 85.1 cm³/mol. The number of phenolic OH excluding ortho intramolecular Hbond substituents is 1. The van der Waals surface area contributed by atoms with Crippen molar-refractivity contribution in [1.29, 1.82) is 5.26 Å². The third-order valence-electron chi connectivity index (χ3n) is 3.82. The van der Waals surface area contributed by atoms with Gasteiger partial charge in [0.05, 0.1) is 0 Å². The van der Waals surface area contributed by atoms with Crippen molar-refractivity contribution in [2.24, 2.45) is 5.92 Å². The molecule has 22 heavy (non-hydrogen) atoms. The van der Waals surface area contributed by atoms with Crippen LogP contribution in [-0.2, 0) is 4.79 Å². The van der Waals surface area contributed by atoms with Crippen molar-refractivity contribution < 1.29 is 9.90 Å². The molecule has 1 fully saturated rings. The van der Waals surface area contributed by atoms with Crippen molar-refractivity contribution in [2.45, 2.75) is 26.7 Å². The maximum absolute atomic E-state index is 12.2. The fraction of sp³-hybridized carbons (Fsp3) is 0.412. The molecule has 5 nitrogen and oxygen atoms in total. The molecule has 1 heterocycles. The number of phenols is 1. The smallest absolute Gasteiger partial charge is 0.267 e. The van der Waals surface area contributed by atoms with Gasteiger partial charge in [-0.25, -0.2) is 0 Å². The third-order valence-corrected chi connectivity index (χ3v) is 3.82. The van der Waals surface area contributed by atoms with Gasteiger partial charge >= 0.3 is 0 Å². The Labute approximate surface area is 130 Å². The lowest BCUT2D eigenvalue weighted by Crippen LogP contribution is -2.31. The first kappa shape index (κ1) is 15.9. The van der Waals surface area contributed by atoms with Crippen LogP contribution in [0, 0.1) is 24.2 Å². The van der Waals surface area contributed by atoms with E-state index in [-0.39, 0.29) is 11.3 Å². The molecule has 1 aromatic carbocycles. The molecule has 0 bridgehead atoms. The highest BCUT2D eigenvalue weighted by Gasteiger charge is 2.17. The Morgan fingerprint density at radius 1 is 1.55 bits per heavy atom. The number of piperidine rings is 1. The van der Waals surface area contributed by atoms with Crippen molar-refractivity contribution in [2.75, 3.05) is 18.4 Å². The normalized spacial score (nSPS) is 18.7. The number of anilines is 1. The van der Waals surface area contributed by atoms with E-state index in [1.54, 1.807) is 25.3 Å².